The Morgan fingerprint density at radius 3 is 2.62 bits per heavy atom. The molecule has 1 saturated heterocycles. The molecule has 0 aliphatic carbocycles. The second kappa shape index (κ2) is 7.98. The molecule has 0 aromatic carbocycles. The molecule has 1 aromatic rings. The first-order valence-electron chi connectivity index (χ1n) is 7.88. The molecule has 1 amide bonds. The molecule has 0 atom stereocenters. The van der Waals surface area contributed by atoms with E-state index in [1.54, 1.807) is 6.20 Å². The Balaban J connectivity index is 1.85. The molecule has 5 heteroatoms. The number of pyridine rings is 1. The molecular formula is C16H26N4O. The molecule has 1 aliphatic rings. The summed E-state index contributed by atoms with van der Waals surface area (Å²) in [6, 6.07) is 3.77. The Morgan fingerprint density at radius 1 is 1.24 bits per heavy atom. The normalized spacial score (nSPS) is 16.0. The minimum Gasteiger partial charge on any atom is -0.384 e. The zero-order valence-corrected chi connectivity index (χ0v) is 13.1. The van der Waals surface area contributed by atoms with Crippen LogP contribution in [0.25, 0.3) is 0 Å². The maximum atomic E-state index is 12.3. The molecule has 5 nitrogen and oxygen atoms in total. The zero-order chi connectivity index (χ0) is 15.1. The number of anilines is 1. The van der Waals surface area contributed by atoms with E-state index in [0.717, 1.165) is 38.4 Å². The highest BCUT2D eigenvalue weighted by Gasteiger charge is 2.20. The third kappa shape index (κ3) is 4.70. The average Bonchev–Trinajstić information content (AvgIpc) is 2.52. The van der Waals surface area contributed by atoms with Gasteiger partial charge in [0, 0.05) is 32.7 Å². The quantitative estimate of drug-likeness (QED) is 0.815. The fourth-order valence-electron chi connectivity index (χ4n) is 2.40. The van der Waals surface area contributed by atoms with Gasteiger partial charge in [0.25, 0.3) is 5.91 Å². The first-order valence-corrected chi connectivity index (χ1v) is 7.88. The Morgan fingerprint density at radius 2 is 2.00 bits per heavy atom. The number of aromatic nitrogens is 1. The highest BCUT2D eigenvalue weighted by Crippen LogP contribution is 2.10. The van der Waals surface area contributed by atoms with E-state index in [1.807, 2.05) is 17.0 Å². The second-order valence-electron chi connectivity index (χ2n) is 5.66. The maximum absolute atomic E-state index is 12.3. The largest absolute Gasteiger partial charge is 0.384 e. The van der Waals surface area contributed by atoms with Gasteiger partial charge in [-0.1, -0.05) is 19.8 Å². The van der Waals surface area contributed by atoms with Crippen molar-refractivity contribution in [2.24, 2.45) is 0 Å². The lowest BCUT2D eigenvalue weighted by molar-refractivity contribution is 0.0658. The summed E-state index contributed by atoms with van der Waals surface area (Å²) < 4.78 is 0. The predicted molar refractivity (Wildman–Crippen MR) is 85.7 cm³/mol. The van der Waals surface area contributed by atoms with Gasteiger partial charge in [-0.3, -0.25) is 4.79 Å². The van der Waals surface area contributed by atoms with Gasteiger partial charge in [0.05, 0.1) is 11.9 Å². The van der Waals surface area contributed by atoms with Crippen molar-refractivity contribution in [2.45, 2.75) is 26.2 Å². The number of nitrogens with zero attached hydrogens (tertiary/aromatic N) is 3. The van der Waals surface area contributed by atoms with Gasteiger partial charge >= 0.3 is 0 Å². The molecule has 1 aromatic heterocycles. The number of piperazine rings is 1. The summed E-state index contributed by atoms with van der Waals surface area (Å²) in [5, 5.41) is 3.34. The molecule has 116 valence electrons. The number of carbonyl (C=O) groups is 1. The van der Waals surface area contributed by atoms with Gasteiger partial charge in [0.1, 0.15) is 5.69 Å². The molecule has 0 unspecified atom stereocenters. The van der Waals surface area contributed by atoms with Crippen LogP contribution in [0.15, 0.2) is 18.3 Å². The standard InChI is InChI=1S/C16H26N4O/c1-3-4-5-8-17-14-6-7-15(18-13-14)16(21)20-11-9-19(2)10-12-20/h6-7,13,17H,3-5,8-12H2,1-2H3. The summed E-state index contributed by atoms with van der Waals surface area (Å²) in [5.41, 5.74) is 1.53. The highest BCUT2D eigenvalue weighted by atomic mass is 16.2. The summed E-state index contributed by atoms with van der Waals surface area (Å²) in [7, 11) is 2.08. The van der Waals surface area contributed by atoms with Gasteiger partial charge in [-0.05, 0) is 25.6 Å². The van der Waals surface area contributed by atoms with E-state index >= 15 is 0 Å². The smallest absolute Gasteiger partial charge is 0.272 e. The molecule has 21 heavy (non-hydrogen) atoms. The average molecular weight is 290 g/mol. The van der Waals surface area contributed by atoms with Gasteiger partial charge in [0.2, 0.25) is 0 Å². The SMILES string of the molecule is CCCCCNc1ccc(C(=O)N2CCN(C)CC2)nc1. The van der Waals surface area contributed by atoms with Crippen LogP contribution in [-0.4, -0.2) is 60.5 Å². The number of carbonyl (C=O) groups excluding carboxylic acids is 1. The van der Waals surface area contributed by atoms with E-state index in [9.17, 15) is 4.79 Å². The molecule has 1 N–H and O–H groups in total. The number of rotatable bonds is 6. The Kier molecular flexibility index (Phi) is 5.99. The van der Waals surface area contributed by atoms with Gasteiger partial charge in [-0.15, -0.1) is 0 Å². The predicted octanol–water partition coefficient (Wildman–Crippen LogP) is 2.07. The van der Waals surface area contributed by atoms with Crippen molar-refractivity contribution in [2.75, 3.05) is 45.1 Å². The van der Waals surface area contributed by atoms with E-state index in [-0.39, 0.29) is 5.91 Å². The van der Waals surface area contributed by atoms with Gasteiger partial charge in [-0.25, -0.2) is 4.98 Å². The van der Waals surface area contributed by atoms with E-state index in [4.69, 9.17) is 0 Å². The number of likely N-dealkylation sites (N-methyl/N-ethyl adjacent to an activating group) is 1. The molecule has 2 rings (SSSR count). The van der Waals surface area contributed by atoms with E-state index in [1.165, 1.54) is 19.3 Å². The number of unbranched alkanes of at least 4 members (excludes halogenated alkanes) is 2. The number of amides is 1. The fraction of sp³-hybridized carbons (Fsp3) is 0.625. The number of hydrogen-bond acceptors (Lipinski definition) is 4. The first-order chi connectivity index (χ1) is 10.2. The van der Waals surface area contributed by atoms with Crippen molar-refractivity contribution in [1.82, 2.24) is 14.8 Å². The van der Waals surface area contributed by atoms with Gasteiger partial charge in [-0.2, -0.15) is 0 Å². The maximum Gasteiger partial charge on any atom is 0.272 e. The van der Waals surface area contributed by atoms with E-state index in [2.05, 4.69) is 29.2 Å². The van der Waals surface area contributed by atoms with Crippen LogP contribution in [0.2, 0.25) is 0 Å². The van der Waals surface area contributed by atoms with Crippen LogP contribution in [0.5, 0.6) is 0 Å². The van der Waals surface area contributed by atoms with Crippen molar-refractivity contribution in [3.8, 4) is 0 Å². The van der Waals surface area contributed by atoms with Crippen LogP contribution in [-0.2, 0) is 0 Å². The summed E-state index contributed by atoms with van der Waals surface area (Å²) in [6.45, 7) is 6.59. The third-order valence-electron chi connectivity index (χ3n) is 3.88. The van der Waals surface area contributed by atoms with Crippen molar-refractivity contribution in [3.05, 3.63) is 24.0 Å². The molecule has 1 fully saturated rings. The first kappa shape index (κ1) is 15.8. The third-order valence-corrected chi connectivity index (χ3v) is 3.88. The highest BCUT2D eigenvalue weighted by molar-refractivity contribution is 5.92. The molecule has 2 heterocycles. The summed E-state index contributed by atoms with van der Waals surface area (Å²) in [6.07, 6.45) is 5.38. The Bertz CT molecular complexity index is 438. The van der Waals surface area contributed by atoms with E-state index < -0.39 is 0 Å². The van der Waals surface area contributed by atoms with Gasteiger partial charge < -0.3 is 15.1 Å². The topological polar surface area (TPSA) is 48.5 Å². The van der Waals surface area contributed by atoms with Crippen LogP contribution in [0, 0.1) is 0 Å². The van der Waals surface area contributed by atoms with Crippen LogP contribution in [0.1, 0.15) is 36.7 Å². The molecule has 1 aliphatic heterocycles. The van der Waals surface area contributed by atoms with Crippen molar-refractivity contribution in [1.29, 1.82) is 0 Å². The zero-order valence-electron chi connectivity index (χ0n) is 13.1. The second-order valence-corrected chi connectivity index (χ2v) is 5.66. The lowest BCUT2D eigenvalue weighted by Crippen LogP contribution is -2.47. The van der Waals surface area contributed by atoms with Crippen molar-refractivity contribution in [3.63, 3.8) is 0 Å². The van der Waals surface area contributed by atoms with E-state index in [0.29, 0.717) is 5.69 Å². The van der Waals surface area contributed by atoms with Crippen LogP contribution in [0.4, 0.5) is 5.69 Å². The van der Waals surface area contributed by atoms with Gasteiger partial charge in [0.15, 0.2) is 0 Å². The summed E-state index contributed by atoms with van der Waals surface area (Å²) >= 11 is 0. The minimum absolute atomic E-state index is 0.0423. The number of hydrogen-bond donors (Lipinski definition) is 1. The summed E-state index contributed by atoms with van der Waals surface area (Å²) in [4.78, 5) is 20.8. The molecule has 0 saturated carbocycles. The Hall–Kier alpha value is -1.62. The molecule has 0 spiro atoms. The summed E-state index contributed by atoms with van der Waals surface area (Å²) in [5.74, 6) is 0.0423. The monoisotopic (exact) mass is 290 g/mol. The number of nitrogens with one attached hydrogen (secondary N) is 1. The van der Waals surface area contributed by atoms with Crippen molar-refractivity contribution < 1.29 is 4.79 Å². The lowest BCUT2D eigenvalue weighted by atomic mass is 10.2. The van der Waals surface area contributed by atoms with Crippen molar-refractivity contribution >= 4 is 11.6 Å². The Labute approximate surface area is 127 Å². The fourth-order valence-corrected chi connectivity index (χ4v) is 2.40. The van der Waals surface area contributed by atoms with Crippen LogP contribution in [0.3, 0.4) is 0 Å². The molecular weight excluding hydrogens is 264 g/mol. The lowest BCUT2D eigenvalue weighted by Gasteiger charge is -2.32. The molecule has 0 bridgehead atoms. The van der Waals surface area contributed by atoms with Crippen LogP contribution < -0.4 is 5.32 Å². The van der Waals surface area contributed by atoms with Crippen LogP contribution >= 0.6 is 0 Å². The minimum atomic E-state index is 0.0423. The molecule has 0 radical (unpaired) electrons.